The predicted molar refractivity (Wildman–Crippen MR) is 118 cm³/mol. The lowest BCUT2D eigenvalue weighted by atomic mass is 10.0. The van der Waals surface area contributed by atoms with Crippen molar-refractivity contribution < 1.29 is 13.2 Å². The van der Waals surface area contributed by atoms with Crippen LogP contribution in [0.25, 0.3) is 0 Å². The van der Waals surface area contributed by atoms with Crippen LogP contribution in [0.5, 0.6) is 0 Å². The van der Waals surface area contributed by atoms with E-state index in [1.54, 1.807) is 48.5 Å². The highest BCUT2D eigenvalue weighted by atomic mass is 35.5. The molecule has 5 nitrogen and oxygen atoms in total. The summed E-state index contributed by atoms with van der Waals surface area (Å²) in [6.07, 6.45) is 0.624. The van der Waals surface area contributed by atoms with Gasteiger partial charge in [0.15, 0.2) is 0 Å². The second kappa shape index (κ2) is 8.22. The monoisotopic (exact) mass is 440 g/mol. The SMILES string of the molecule is Cc1ccc(S(=O)(=O)N2CCc3ccc(NC(=O)c4ccccc4Cl)cc3C2)cc1. The van der Waals surface area contributed by atoms with E-state index in [-0.39, 0.29) is 12.5 Å². The molecule has 0 radical (unpaired) electrons. The third-order valence-electron chi connectivity index (χ3n) is 5.22. The molecule has 0 aromatic heterocycles. The average Bonchev–Trinajstić information content (AvgIpc) is 2.73. The first-order valence-corrected chi connectivity index (χ1v) is 11.4. The Morgan fingerprint density at radius 3 is 2.47 bits per heavy atom. The molecule has 0 atom stereocenters. The zero-order chi connectivity index (χ0) is 21.3. The maximum absolute atomic E-state index is 13.0. The highest BCUT2D eigenvalue weighted by Gasteiger charge is 2.28. The summed E-state index contributed by atoms with van der Waals surface area (Å²) in [5, 5.41) is 3.23. The molecule has 0 aliphatic carbocycles. The molecule has 1 aliphatic heterocycles. The Bertz CT molecular complexity index is 1210. The summed E-state index contributed by atoms with van der Waals surface area (Å²) >= 11 is 6.10. The zero-order valence-corrected chi connectivity index (χ0v) is 18.0. The van der Waals surface area contributed by atoms with Gasteiger partial charge in [-0.2, -0.15) is 4.31 Å². The van der Waals surface area contributed by atoms with Gasteiger partial charge in [-0.15, -0.1) is 0 Å². The Labute approximate surface area is 181 Å². The fourth-order valence-electron chi connectivity index (χ4n) is 3.52. The van der Waals surface area contributed by atoms with Crippen LogP contribution in [0.3, 0.4) is 0 Å². The lowest BCUT2D eigenvalue weighted by molar-refractivity contribution is 0.102. The molecule has 3 aromatic carbocycles. The van der Waals surface area contributed by atoms with Crippen molar-refractivity contribution in [3.05, 3.63) is 94.0 Å². The Morgan fingerprint density at radius 2 is 1.73 bits per heavy atom. The molecule has 154 valence electrons. The molecule has 1 amide bonds. The number of halogens is 1. The molecule has 1 aliphatic rings. The zero-order valence-electron chi connectivity index (χ0n) is 16.4. The van der Waals surface area contributed by atoms with Gasteiger partial charge in [0.05, 0.1) is 15.5 Å². The van der Waals surface area contributed by atoms with Crippen LogP contribution in [-0.4, -0.2) is 25.2 Å². The number of hydrogen-bond acceptors (Lipinski definition) is 3. The van der Waals surface area contributed by atoms with Crippen LogP contribution in [0.4, 0.5) is 5.69 Å². The molecule has 0 unspecified atom stereocenters. The smallest absolute Gasteiger partial charge is 0.257 e. The fraction of sp³-hybridized carbons (Fsp3) is 0.174. The number of nitrogens with one attached hydrogen (secondary N) is 1. The molecule has 30 heavy (non-hydrogen) atoms. The summed E-state index contributed by atoms with van der Waals surface area (Å²) in [5.74, 6) is -0.305. The van der Waals surface area contributed by atoms with Crippen LogP contribution >= 0.6 is 11.6 Å². The average molecular weight is 441 g/mol. The normalized spacial score (nSPS) is 14.2. The number of sulfonamides is 1. The number of carbonyl (C=O) groups excluding carboxylic acids is 1. The highest BCUT2D eigenvalue weighted by Crippen LogP contribution is 2.27. The minimum atomic E-state index is -3.58. The molecule has 0 spiro atoms. The van der Waals surface area contributed by atoms with Gasteiger partial charge in [0, 0.05) is 18.8 Å². The largest absolute Gasteiger partial charge is 0.322 e. The maximum atomic E-state index is 13.0. The molecule has 0 saturated carbocycles. The number of fused-ring (bicyclic) bond motifs is 1. The van der Waals surface area contributed by atoms with Gasteiger partial charge in [0.25, 0.3) is 5.91 Å². The molecule has 1 N–H and O–H groups in total. The second-order valence-corrected chi connectivity index (χ2v) is 9.66. The summed E-state index contributed by atoms with van der Waals surface area (Å²) in [6, 6.07) is 19.3. The number of hydrogen-bond donors (Lipinski definition) is 1. The van der Waals surface area contributed by atoms with Crippen molar-refractivity contribution >= 4 is 33.2 Å². The van der Waals surface area contributed by atoms with E-state index in [0.29, 0.717) is 34.1 Å². The third kappa shape index (κ3) is 4.12. The van der Waals surface area contributed by atoms with E-state index in [1.165, 1.54) is 4.31 Å². The fourth-order valence-corrected chi connectivity index (χ4v) is 5.16. The van der Waals surface area contributed by atoms with E-state index in [9.17, 15) is 13.2 Å². The van der Waals surface area contributed by atoms with Gasteiger partial charge in [-0.25, -0.2) is 8.42 Å². The van der Waals surface area contributed by atoms with E-state index in [1.807, 2.05) is 25.1 Å². The lowest BCUT2D eigenvalue weighted by Gasteiger charge is -2.28. The molecule has 3 aromatic rings. The summed E-state index contributed by atoms with van der Waals surface area (Å²) in [6.45, 7) is 2.61. The van der Waals surface area contributed by atoms with Crippen molar-refractivity contribution in [2.24, 2.45) is 0 Å². The van der Waals surface area contributed by atoms with Crippen molar-refractivity contribution in [3.63, 3.8) is 0 Å². The topological polar surface area (TPSA) is 66.5 Å². The van der Waals surface area contributed by atoms with Gasteiger partial charge in [-0.05, 0) is 60.9 Å². The van der Waals surface area contributed by atoms with Gasteiger partial charge in [-0.1, -0.05) is 47.5 Å². The van der Waals surface area contributed by atoms with Gasteiger partial charge in [-0.3, -0.25) is 4.79 Å². The Balaban J connectivity index is 1.56. The molecular weight excluding hydrogens is 420 g/mol. The lowest BCUT2D eigenvalue weighted by Crippen LogP contribution is -2.36. The van der Waals surface area contributed by atoms with E-state index in [0.717, 1.165) is 16.7 Å². The minimum Gasteiger partial charge on any atom is -0.322 e. The van der Waals surface area contributed by atoms with E-state index < -0.39 is 10.0 Å². The van der Waals surface area contributed by atoms with Crippen LogP contribution in [-0.2, 0) is 23.0 Å². The van der Waals surface area contributed by atoms with Gasteiger partial charge < -0.3 is 5.32 Å². The predicted octanol–water partition coefficient (Wildman–Crippen LogP) is 4.65. The second-order valence-electron chi connectivity index (χ2n) is 7.32. The number of aryl methyl sites for hydroxylation is 1. The Hall–Kier alpha value is -2.67. The molecular formula is C23H21ClN2O3S. The number of rotatable bonds is 4. The van der Waals surface area contributed by atoms with Gasteiger partial charge in [0.2, 0.25) is 10.0 Å². The van der Waals surface area contributed by atoms with Crippen LogP contribution in [0.1, 0.15) is 27.0 Å². The van der Waals surface area contributed by atoms with Crippen LogP contribution in [0.2, 0.25) is 5.02 Å². The number of amides is 1. The van der Waals surface area contributed by atoms with Crippen molar-refractivity contribution in [1.82, 2.24) is 4.31 Å². The summed E-state index contributed by atoms with van der Waals surface area (Å²) in [4.78, 5) is 12.8. The van der Waals surface area contributed by atoms with E-state index >= 15 is 0 Å². The number of benzene rings is 3. The highest BCUT2D eigenvalue weighted by molar-refractivity contribution is 7.89. The summed E-state index contributed by atoms with van der Waals surface area (Å²) < 4.78 is 27.6. The first-order valence-electron chi connectivity index (χ1n) is 9.59. The number of nitrogens with zero attached hydrogens (tertiary/aromatic N) is 1. The minimum absolute atomic E-state index is 0.265. The summed E-state index contributed by atoms with van der Waals surface area (Å²) in [7, 11) is -3.58. The number of anilines is 1. The van der Waals surface area contributed by atoms with Gasteiger partial charge >= 0.3 is 0 Å². The van der Waals surface area contributed by atoms with Crippen molar-refractivity contribution in [2.75, 3.05) is 11.9 Å². The van der Waals surface area contributed by atoms with E-state index in [2.05, 4.69) is 5.32 Å². The molecule has 0 saturated heterocycles. The van der Waals surface area contributed by atoms with Crippen LogP contribution in [0.15, 0.2) is 71.6 Å². The molecule has 7 heteroatoms. The van der Waals surface area contributed by atoms with Crippen molar-refractivity contribution in [1.29, 1.82) is 0 Å². The third-order valence-corrected chi connectivity index (χ3v) is 7.41. The van der Waals surface area contributed by atoms with Crippen molar-refractivity contribution in [2.45, 2.75) is 24.8 Å². The van der Waals surface area contributed by atoms with Gasteiger partial charge in [0.1, 0.15) is 0 Å². The molecule has 0 fully saturated rings. The van der Waals surface area contributed by atoms with E-state index in [4.69, 9.17) is 11.6 Å². The first kappa shape index (κ1) is 20.6. The van der Waals surface area contributed by atoms with Crippen LogP contribution < -0.4 is 5.32 Å². The Kier molecular flexibility index (Phi) is 5.64. The summed E-state index contributed by atoms with van der Waals surface area (Å²) in [5.41, 5.74) is 3.97. The molecule has 4 rings (SSSR count). The standard InChI is InChI=1S/C23H21ClN2O3S/c1-16-6-10-20(11-7-16)30(28,29)26-13-12-17-8-9-19(14-18(17)15-26)25-23(27)21-4-2-3-5-22(21)24/h2-11,14H,12-13,15H2,1H3,(H,25,27). The molecule has 1 heterocycles. The Morgan fingerprint density at radius 1 is 1.00 bits per heavy atom. The quantitative estimate of drug-likeness (QED) is 0.642. The first-order chi connectivity index (χ1) is 14.3. The molecule has 0 bridgehead atoms. The van der Waals surface area contributed by atoms with Crippen molar-refractivity contribution in [3.8, 4) is 0 Å². The van der Waals surface area contributed by atoms with Crippen LogP contribution in [0, 0.1) is 6.92 Å². The number of carbonyl (C=O) groups is 1. The maximum Gasteiger partial charge on any atom is 0.257 e.